The number of amides is 2. The number of hydrogen-bond acceptors (Lipinski definition) is 5. The van der Waals surface area contributed by atoms with E-state index in [0.717, 1.165) is 4.88 Å². The van der Waals surface area contributed by atoms with E-state index < -0.39 is 0 Å². The summed E-state index contributed by atoms with van der Waals surface area (Å²) in [6, 6.07) is 3.94. The molecule has 0 aliphatic carbocycles. The van der Waals surface area contributed by atoms with Crippen LogP contribution in [0.15, 0.2) is 29.1 Å². The molecule has 3 rings (SSSR count). The fourth-order valence-corrected chi connectivity index (χ4v) is 3.79. The molecule has 1 fully saturated rings. The number of nitrogens with zero attached hydrogens (tertiary/aromatic N) is 2. The second kappa shape index (κ2) is 7.02. The Labute approximate surface area is 137 Å². The van der Waals surface area contributed by atoms with E-state index in [2.05, 4.69) is 10.3 Å². The molecule has 2 amide bonds. The fraction of sp³-hybridized carbons (Fsp3) is 0.400. The van der Waals surface area contributed by atoms with E-state index in [1.165, 1.54) is 11.3 Å². The number of carbonyl (C=O) groups excluding carboxylic acids is 2. The van der Waals surface area contributed by atoms with Gasteiger partial charge in [-0.2, -0.15) is 0 Å². The lowest BCUT2D eigenvalue weighted by molar-refractivity contribution is -0.133. The summed E-state index contributed by atoms with van der Waals surface area (Å²) in [5.41, 5.74) is 0. The Kier molecular flexibility index (Phi) is 4.84. The highest BCUT2D eigenvalue weighted by atomic mass is 32.1. The van der Waals surface area contributed by atoms with Gasteiger partial charge in [-0.05, 0) is 24.3 Å². The maximum Gasteiger partial charge on any atom is 0.229 e. The van der Waals surface area contributed by atoms with E-state index in [1.807, 2.05) is 27.8 Å². The molecule has 1 aliphatic heterocycles. The van der Waals surface area contributed by atoms with Crippen molar-refractivity contribution in [1.82, 2.24) is 9.88 Å². The van der Waals surface area contributed by atoms with Gasteiger partial charge in [-0.15, -0.1) is 22.7 Å². The van der Waals surface area contributed by atoms with Crippen LogP contribution >= 0.6 is 22.7 Å². The number of piperidine rings is 1. The van der Waals surface area contributed by atoms with Crippen LogP contribution in [0.2, 0.25) is 0 Å². The lowest BCUT2D eigenvalue weighted by Crippen LogP contribution is -2.42. The number of nitrogens with one attached hydrogen (secondary N) is 1. The summed E-state index contributed by atoms with van der Waals surface area (Å²) in [5, 5.41) is 7.30. The van der Waals surface area contributed by atoms with Crippen LogP contribution in [0.1, 0.15) is 17.7 Å². The lowest BCUT2D eigenvalue weighted by atomic mass is 9.96. The van der Waals surface area contributed by atoms with Gasteiger partial charge in [0.15, 0.2) is 5.13 Å². The molecule has 0 unspecified atom stereocenters. The molecule has 2 aromatic rings. The number of aromatic nitrogens is 1. The highest BCUT2D eigenvalue weighted by Crippen LogP contribution is 2.21. The molecule has 0 bridgehead atoms. The molecule has 5 nitrogen and oxygen atoms in total. The molecule has 116 valence electrons. The van der Waals surface area contributed by atoms with Gasteiger partial charge in [0.1, 0.15) is 0 Å². The Morgan fingerprint density at radius 3 is 2.73 bits per heavy atom. The third kappa shape index (κ3) is 3.72. The van der Waals surface area contributed by atoms with Crippen LogP contribution in [0.4, 0.5) is 5.13 Å². The first-order valence-corrected chi connectivity index (χ1v) is 8.99. The number of thiazole rings is 1. The van der Waals surface area contributed by atoms with E-state index in [9.17, 15) is 9.59 Å². The highest BCUT2D eigenvalue weighted by Gasteiger charge is 2.27. The Bertz CT molecular complexity index is 561. The summed E-state index contributed by atoms with van der Waals surface area (Å²) in [4.78, 5) is 31.4. The van der Waals surface area contributed by atoms with Gasteiger partial charge < -0.3 is 10.2 Å². The van der Waals surface area contributed by atoms with Crippen molar-refractivity contribution < 1.29 is 9.59 Å². The summed E-state index contributed by atoms with van der Waals surface area (Å²) in [6.45, 7) is 1.31. The molecule has 0 radical (unpaired) electrons. The average Bonchev–Trinajstić information content (AvgIpc) is 3.21. The second-order valence-corrected chi connectivity index (χ2v) is 7.16. The minimum absolute atomic E-state index is 0.0142. The minimum atomic E-state index is -0.0327. The molecular weight excluding hydrogens is 318 g/mol. The number of hydrogen-bond donors (Lipinski definition) is 1. The van der Waals surface area contributed by atoms with Gasteiger partial charge in [0.2, 0.25) is 11.8 Å². The van der Waals surface area contributed by atoms with Crippen molar-refractivity contribution in [3.63, 3.8) is 0 Å². The zero-order valence-corrected chi connectivity index (χ0v) is 13.7. The number of thiophene rings is 1. The van der Waals surface area contributed by atoms with Crippen molar-refractivity contribution in [2.24, 2.45) is 5.92 Å². The molecule has 0 spiro atoms. The van der Waals surface area contributed by atoms with Crippen molar-refractivity contribution in [1.29, 1.82) is 0 Å². The average molecular weight is 335 g/mol. The Hall–Kier alpha value is -1.73. The monoisotopic (exact) mass is 335 g/mol. The standard InChI is InChI=1S/C15H17N3O2S2/c19-13(10-12-2-1-8-21-12)18-6-3-11(4-7-18)14(20)17-15-16-5-9-22-15/h1-2,5,8-9,11H,3-4,6-7,10H2,(H,16,17,20). The number of likely N-dealkylation sites (tertiary alicyclic amines) is 1. The van der Waals surface area contributed by atoms with Crippen LogP contribution in [0.3, 0.4) is 0 Å². The predicted octanol–water partition coefficient (Wildman–Crippen LogP) is 2.62. The predicted molar refractivity (Wildman–Crippen MR) is 88.1 cm³/mol. The quantitative estimate of drug-likeness (QED) is 0.934. The normalized spacial score (nSPS) is 15.7. The van der Waals surface area contributed by atoms with Gasteiger partial charge in [0, 0.05) is 35.5 Å². The van der Waals surface area contributed by atoms with Crippen LogP contribution in [0.5, 0.6) is 0 Å². The van der Waals surface area contributed by atoms with Gasteiger partial charge >= 0.3 is 0 Å². The highest BCUT2D eigenvalue weighted by molar-refractivity contribution is 7.13. The van der Waals surface area contributed by atoms with E-state index in [4.69, 9.17) is 0 Å². The van der Waals surface area contributed by atoms with Crippen molar-refractivity contribution in [2.45, 2.75) is 19.3 Å². The van der Waals surface area contributed by atoms with E-state index in [-0.39, 0.29) is 17.7 Å². The zero-order valence-electron chi connectivity index (χ0n) is 12.0. The van der Waals surface area contributed by atoms with Crippen LogP contribution < -0.4 is 5.32 Å². The molecule has 2 aromatic heterocycles. The third-order valence-electron chi connectivity index (χ3n) is 3.79. The van der Waals surface area contributed by atoms with Crippen LogP contribution in [0, 0.1) is 5.92 Å². The van der Waals surface area contributed by atoms with Crippen molar-refractivity contribution in [2.75, 3.05) is 18.4 Å². The molecule has 22 heavy (non-hydrogen) atoms. The first-order valence-electron chi connectivity index (χ1n) is 7.23. The van der Waals surface area contributed by atoms with Gasteiger partial charge in [-0.1, -0.05) is 6.07 Å². The SMILES string of the molecule is O=C(Nc1nccs1)C1CCN(C(=O)Cc2cccs2)CC1. The van der Waals surface area contributed by atoms with Gasteiger partial charge in [0.25, 0.3) is 0 Å². The number of anilines is 1. The maximum absolute atomic E-state index is 12.2. The fourth-order valence-electron chi connectivity index (χ4n) is 2.56. The Morgan fingerprint density at radius 2 is 2.09 bits per heavy atom. The van der Waals surface area contributed by atoms with Crippen molar-refractivity contribution in [3.05, 3.63) is 34.0 Å². The number of carbonyl (C=O) groups is 2. The second-order valence-electron chi connectivity index (χ2n) is 5.24. The van der Waals surface area contributed by atoms with Gasteiger partial charge in [-0.3, -0.25) is 9.59 Å². The molecule has 3 heterocycles. The molecule has 1 N–H and O–H groups in total. The zero-order chi connectivity index (χ0) is 15.4. The van der Waals surface area contributed by atoms with E-state index in [1.54, 1.807) is 17.5 Å². The first-order chi connectivity index (χ1) is 10.7. The summed E-state index contributed by atoms with van der Waals surface area (Å²) in [6.07, 6.45) is 3.57. The summed E-state index contributed by atoms with van der Waals surface area (Å²) in [5.74, 6) is 0.135. The minimum Gasteiger partial charge on any atom is -0.342 e. The van der Waals surface area contributed by atoms with Crippen LogP contribution in [-0.4, -0.2) is 34.8 Å². The third-order valence-corrected chi connectivity index (χ3v) is 5.35. The van der Waals surface area contributed by atoms with Crippen molar-refractivity contribution >= 4 is 39.6 Å². The topological polar surface area (TPSA) is 62.3 Å². The molecule has 0 atom stereocenters. The molecule has 1 aliphatic rings. The molecule has 7 heteroatoms. The summed E-state index contributed by atoms with van der Waals surface area (Å²) in [7, 11) is 0. The van der Waals surface area contributed by atoms with Gasteiger partial charge in [-0.25, -0.2) is 4.98 Å². The Balaban J connectivity index is 1.47. The number of rotatable bonds is 4. The van der Waals surface area contributed by atoms with Crippen LogP contribution in [-0.2, 0) is 16.0 Å². The first kappa shape index (κ1) is 15.2. The van der Waals surface area contributed by atoms with E-state index >= 15 is 0 Å². The molecule has 0 saturated carbocycles. The molecular formula is C15H17N3O2S2. The summed E-state index contributed by atoms with van der Waals surface area (Å²) < 4.78 is 0. The van der Waals surface area contributed by atoms with Gasteiger partial charge in [0.05, 0.1) is 6.42 Å². The van der Waals surface area contributed by atoms with E-state index in [0.29, 0.717) is 37.5 Å². The summed E-state index contributed by atoms with van der Waals surface area (Å²) >= 11 is 3.02. The lowest BCUT2D eigenvalue weighted by Gasteiger charge is -2.31. The largest absolute Gasteiger partial charge is 0.342 e. The Morgan fingerprint density at radius 1 is 1.27 bits per heavy atom. The van der Waals surface area contributed by atoms with Crippen LogP contribution in [0.25, 0.3) is 0 Å². The molecule has 0 aromatic carbocycles. The van der Waals surface area contributed by atoms with Crippen molar-refractivity contribution in [3.8, 4) is 0 Å². The molecule has 1 saturated heterocycles. The smallest absolute Gasteiger partial charge is 0.229 e. The maximum atomic E-state index is 12.2.